The zero-order valence-electron chi connectivity index (χ0n) is 14.6. The van der Waals surface area contributed by atoms with Crippen LogP contribution in [-0.2, 0) is 4.79 Å². The van der Waals surface area contributed by atoms with Crippen LogP contribution in [0.4, 0.5) is 5.69 Å². The van der Waals surface area contributed by atoms with E-state index in [0.717, 1.165) is 11.8 Å². The molecular formula is C19H16ClN3O3S. The van der Waals surface area contributed by atoms with Gasteiger partial charge in [0.1, 0.15) is 0 Å². The number of anilines is 1. The number of hydrogen-bond donors (Lipinski definition) is 1. The number of amides is 1. The molecule has 2 aromatic carbocycles. The van der Waals surface area contributed by atoms with E-state index in [9.17, 15) is 9.59 Å². The number of hydrogen-bond acceptors (Lipinski definition) is 6. The van der Waals surface area contributed by atoms with Gasteiger partial charge in [-0.1, -0.05) is 47.6 Å². The third-order valence-corrected chi connectivity index (χ3v) is 4.96. The van der Waals surface area contributed by atoms with Gasteiger partial charge in [-0.15, -0.1) is 10.2 Å². The zero-order valence-corrected chi connectivity index (χ0v) is 16.2. The number of benzene rings is 2. The van der Waals surface area contributed by atoms with Crippen molar-refractivity contribution in [2.75, 3.05) is 5.32 Å². The van der Waals surface area contributed by atoms with Gasteiger partial charge in [-0.05, 0) is 38.1 Å². The number of carbonyl (C=O) groups excluding carboxylic acids is 2. The Labute approximate surface area is 165 Å². The molecule has 0 aliphatic carbocycles. The Morgan fingerprint density at radius 3 is 2.67 bits per heavy atom. The number of ketones is 1. The van der Waals surface area contributed by atoms with E-state index in [1.165, 1.54) is 6.92 Å². The van der Waals surface area contributed by atoms with Gasteiger partial charge in [0.15, 0.2) is 5.78 Å². The first-order chi connectivity index (χ1) is 12.9. The number of Topliss-reactive ketones (excluding diaryl/α,β-unsaturated/α-hetero) is 1. The first-order valence-electron chi connectivity index (χ1n) is 8.11. The van der Waals surface area contributed by atoms with Crippen LogP contribution in [0.1, 0.15) is 24.2 Å². The molecule has 0 bridgehead atoms. The van der Waals surface area contributed by atoms with E-state index in [4.69, 9.17) is 16.0 Å². The molecule has 6 nitrogen and oxygen atoms in total. The van der Waals surface area contributed by atoms with Crippen LogP contribution in [-0.4, -0.2) is 27.1 Å². The van der Waals surface area contributed by atoms with Crippen molar-refractivity contribution in [2.24, 2.45) is 0 Å². The molecule has 0 aliphatic heterocycles. The summed E-state index contributed by atoms with van der Waals surface area (Å²) in [7, 11) is 0. The lowest BCUT2D eigenvalue weighted by Gasteiger charge is -2.10. The lowest BCUT2D eigenvalue weighted by molar-refractivity contribution is -0.115. The lowest BCUT2D eigenvalue weighted by Crippen LogP contribution is -2.22. The van der Waals surface area contributed by atoms with Crippen molar-refractivity contribution in [2.45, 2.75) is 24.3 Å². The largest absolute Gasteiger partial charge is 0.411 e. The highest BCUT2D eigenvalue weighted by Crippen LogP contribution is 2.30. The molecule has 138 valence electrons. The number of carbonyl (C=O) groups is 2. The summed E-state index contributed by atoms with van der Waals surface area (Å²) in [6.45, 7) is 3.21. The second-order valence-electron chi connectivity index (χ2n) is 5.74. The fourth-order valence-electron chi connectivity index (χ4n) is 2.27. The molecule has 1 amide bonds. The minimum absolute atomic E-state index is 0.0634. The van der Waals surface area contributed by atoms with Crippen LogP contribution in [0.3, 0.4) is 0 Å². The summed E-state index contributed by atoms with van der Waals surface area (Å²) in [5.41, 5.74) is 1.73. The van der Waals surface area contributed by atoms with Crippen molar-refractivity contribution in [1.82, 2.24) is 10.2 Å². The lowest BCUT2D eigenvalue weighted by atomic mass is 10.1. The normalized spacial score (nSPS) is 11.8. The smallest absolute Gasteiger partial charge is 0.277 e. The summed E-state index contributed by atoms with van der Waals surface area (Å²) in [5, 5.41) is 11.0. The average Bonchev–Trinajstić information content (AvgIpc) is 3.10. The molecule has 3 aromatic rings. The molecule has 1 heterocycles. The minimum atomic E-state index is -0.481. The Morgan fingerprint density at radius 1 is 1.15 bits per heavy atom. The molecule has 8 heteroatoms. The van der Waals surface area contributed by atoms with Gasteiger partial charge < -0.3 is 9.73 Å². The summed E-state index contributed by atoms with van der Waals surface area (Å²) in [6, 6.07) is 13.9. The molecule has 0 aliphatic rings. The first kappa shape index (κ1) is 19.1. The number of thioether (sulfide) groups is 1. The van der Waals surface area contributed by atoms with E-state index in [0.29, 0.717) is 27.7 Å². The van der Waals surface area contributed by atoms with Gasteiger partial charge in [0.05, 0.1) is 15.8 Å². The zero-order chi connectivity index (χ0) is 19.4. The van der Waals surface area contributed by atoms with Crippen molar-refractivity contribution in [3.8, 4) is 11.5 Å². The molecule has 3 rings (SSSR count). The molecule has 1 atom stereocenters. The van der Waals surface area contributed by atoms with E-state index in [-0.39, 0.29) is 16.9 Å². The van der Waals surface area contributed by atoms with Crippen LogP contribution >= 0.6 is 23.4 Å². The number of rotatable bonds is 6. The fourth-order valence-corrected chi connectivity index (χ4v) is 3.17. The summed E-state index contributed by atoms with van der Waals surface area (Å²) in [4.78, 5) is 23.8. The van der Waals surface area contributed by atoms with E-state index in [1.54, 1.807) is 43.3 Å². The molecule has 1 aromatic heterocycles. The van der Waals surface area contributed by atoms with Gasteiger partial charge >= 0.3 is 0 Å². The van der Waals surface area contributed by atoms with Crippen molar-refractivity contribution in [1.29, 1.82) is 0 Å². The van der Waals surface area contributed by atoms with Crippen LogP contribution in [0.25, 0.3) is 11.5 Å². The molecule has 0 radical (unpaired) electrons. The minimum Gasteiger partial charge on any atom is -0.411 e. The van der Waals surface area contributed by atoms with Crippen LogP contribution < -0.4 is 5.32 Å². The standard InChI is InChI=1S/C19H16ClN3O3S/c1-11(24)13-6-5-7-14(10-13)21-17(25)12(2)27-19-23-22-18(26-19)15-8-3-4-9-16(15)20/h3-10,12H,1-2H3,(H,21,25). The topological polar surface area (TPSA) is 85.1 Å². The van der Waals surface area contributed by atoms with Gasteiger partial charge in [0.2, 0.25) is 11.8 Å². The molecule has 0 fully saturated rings. The molecule has 1 unspecified atom stereocenters. The summed E-state index contributed by atoms with van der Waals surface area (Å²) in [6.07, 6.45) is 0. The molecular weight excluding hydrogens is 386 g/mol. The maximum Gasteiger partial charge on any atom is 0.277 e. The molecule has 1 N–H and O–H groups in total. The SMILES string of the molecule is CC(=O)c1cccc(NC(=O)C(C)Sc2nnc(-c3ccccc3Cl)o2)c1. The second kappa shape index (κ2) is 8.37. The van der Waals surface area contributed by atoms with Gasteiger partial charge in [-0.2, -0.15) is 0 Å². The number of nitrogens with zero attached hydrogens (tertiary/aromatic N) is 2. The molecule has 0 spiro atoms. The highest BCUT2D eigenvalue weighted by molar-refractivity contribution is 8.00. The molecule has 0 saturated carbocycles. The van der Waals surface area contributed by atoms with E-state index >= 15 is 0 Å². The third-order valence-electron chi connectivity index (χ3n) is 3.69. The highest BCUT2D eigenvalue weighted by atomic mass is 35.5. The van der Waals surface area contributed by atoms with Crippen LogP contribution in [0, 0.1) is 0 Å². The maximum atomic E-state index is 12.4. The number of nitrogens with one attached hydrogen (secondary N) is 1. The van der Waals surface area contributed by atoms with Crippen molar-refractivity contribution in [3.05, 3.63) is 59.1 Å². The predicted molar refractivity (Wildman–Crippen MR) is 105 cm³/mol. The summed E-state index contributed by atoms with van der Waals surface area (Å²) >= 11 is 7.27. The third kappa shape index (κ3) is 4.75. The molecule has 0 saturated heterocycles. The average molecular weight is 402 g/mol. The Hall–Kier alpha value is -2.64. The van der Waals surface area contributed by atoms with Gasteiger partial charge in [0, 0.05) is 11.3 Å². The Kier molecular flexibility index (Phi) is 5.93. The van der Waals surface area contributed by atoms with Crippen molar-refractivity contribution in [3.63, 3.8) is 0 Å². The maximum absolute atomic E-state index is 12.4. The van der Waals surface area contributed by atoms with Crippen molar-refractivity contribution >= 4 is 40.7 Å². The van der Waals surface area contributed by atoms with E-state index in [2.05, 4.69) is 15.5 Å². The molecule has 27 heavy (non-hydrogen) atoms. The van der Waals surface area contributed by atoms with Gasteiger partial charge in [-0.3, -0.25) is 9.59 Å². The monoisotopic (exact) mass is 401 g/mol. The summed E-state index contributed by atoms with van der Waals surface area (Å²) < 4.78 is 5.60. The van der Waals surface area contributed by atoms with Gasteiger partial charge in [0.25, 0.3) is 5.22 Å². The number of aromatic nitrogens is 2. The highest BCUT2D eigenvalue weighted by Gasteiger charge is 2.19. The Bertz CT molecular complexity index is 990. The van der Waals surface area contributed by atoms with Crippen molar-refractivity contribution < 1.29 is 14.0 Å². The number of halogens is 1. The van der Waals surface area contributed by atoms with Crippen LogP contribution in [0.5, 0.6) is 0 Å². The first-order valence-corrected chi connectivity index (χ1v) is 9.36. The van der Waals surface area contributed by atoms with E-state index < -0.39 is 5.25 Å². The van der Waals surface area contributed by atoms with Crippen LogP contribution in [0.2, 0.25) is 5.02 Å². The quantitative estimate of drug-likeness (QED) is 0.475. The predicted octanol–water partition coefficient (Wildman–Crippen LogP) is 4.71. The summed E-state index contributed by atoms with van der Waals surface area (Å²) in [5.74, 6) is -0.00505. The fraction of sp³-hybridized carbons (Fsp3) is 0.158. The van der Waals surface area contributed by atoms with Crippen LogP contribution in [0.15, 0.2) is 58.2 Å². The second-order valence-corrected chi connectivity index (χ2v) is 7.44. The van der Waals surface area contributed by atoms with E-state index in [1.807, 2.05) is 12.1 Å². The Morgan fingerprint density at radius 2 is 1.93 bits per heavy atom. The van der Waals surface area contributed by atoms with Gasteiger partial charge in [-0.25, -0.2) is 0 Å². The Balaban J connectivity index is 1.66.